The third-order valence-electron chi connectivity index (χ3n) is 4.15. The van der Waals surface area contributed by atoms with Gasteiger partial charge >= 0.3 is 11.9 Å². The van der Waals surface area contributed by atoms with Crippen LogP contribution in [0.5, 0.6) is 0 Å². The highest BCUT2D eigenvalue weighted by Gasteiger charge is 2.28. The van der Waals surface area contributed by atoms with Crippen LogP contribution in [-0.2, 0) is 15.0 Å². The average molecular weight is 383 g/mol. The van der Waals surface area contributed by atoms with E-state index in [9.17, 15) is 24.6 Å². The second-order valence-corrected chi connectivity index (χ2v) is 7.77. The number of aromatic carboxylic acids is 1. The van der Waals surface area contributed by atoms with Crippen LogP contribution in [0.3, 0.4) is 0 Å². The van der Waals surface area contributed by atoms with Crippen LogP contribution in [-0.4, -0.2) is 33.3 Å². The van der Waals surface area contributed by atoms with Crippen molar-refractivity contribution in [1.29, 1.82) is 0 Å². The quantitative estimate of drug-likeness (QED) is 0.267. The number of nitrogens with one attached hydrogen (secondary N) is 1. The highest BCUT2D eigenvalue weighted by atomic mass is 32.1. The minimum absolute atomic E-state index is 0.0107. The number of amides is 1. The van der Waals surface area contributed by atoms with E-state index in [1.165, 1.54) is 11.5 Å². The maximum atomic E-state index is 11.6. The van der Waals surface area contributed by atoms with E-state index in [4.69, 9.17) is 5.21 Å². The van der Waals surface area contributed by atoms with Crippen LogP contribution in [0.25, 0.3) is 0 Å². The van der Waals surface area contributed by atoms with Crippen molar-refractivity contribution in [1.82, 2.24) is 5.48 Å². The molecule has 0 bridgehead atoms. The van der Waals surface area contributed by atoms with Crippen LogP contribution >= 0.6 is 12.6 Å². The van der Waals surface area contributed by atoms with E-state index in [0.717, 1.165) is 5.56 Å². The second-order valence-electron chi connectivity index (χ2n) is 7.22. The number of hydrogen-bond donors (Lipinski definition) is 5. The summed E-state index contributed by atoms with van der Waals surface area (Å²) in [6.07, 6.45) is 0.410. The Balaban J connectivity index is 3.15. The van der Waals surface area contributed by atoms with E-state index >= 15 is 0 Å². The summed E-state index contributed by atoms with van der Waals surface area (Å²) in [6, 6.07) is 4.79. The van der Waals surface area contributed by atoms with Crippen molar-refractivity contribution in [2.45, 2.75) is 50.7 Å². The van der Waals surface area contributed by atoms with E-state index in [1.807, 2.05) is 20.8 Å². The first-order valence-electron chi connectivity index (χ1n) is 8.20. The number of thiol groups is 1. The maximum Gasteiger partial charge on any atom is 0.335 e. The van der Waals surface area contributed by atoms with Gasteiger partial charge in [-0.05, 0) is 41.5 Å². The molecular weight excluding hydrogens is 358 g/mol. The number of carboxylic acid groups (broad SMARTS) is 2. The van der Waals surface area contributed by atoms with Gasteiger partial charge in [0.05, 0.1) is 11.5 Å². The molecule has 4 N–H and O–H groups in total. The summed E-state index contributed by atoms with van der Waals surface area (Å²) in [5, 5.41) is 26.6. The molecule has 2 unspecified atom stereocenters. The summed E-state index contributed by atoms with van der Waals surface area (Å²) >= 11 is 4.44. The molecule has 1 rings (SSSR count). The summed E-state index contributed by atoms with van der Waals surface area (Å²) in [7, 11) is 0. The number of carbonyl (C=O) groups is 3. The zero-order valence-electron chi connectivity index (χ0n) is 15.0. The number of rotatable bonds is 8. The van der Waals surface area contributed by atoms with E-state index < -0.39 is 29.0 Å². The lowest BCUT2D eigenvalue weighted by Gasteiger charge is -2.24. The maximum absolute atomic E-state index is 11.6. The Labute approximate surface area is 157 Å². The largest absolute Gasteiger partial charge is 0.481 e. The van der Waals surface area contributed by atoms with Crippen molar-refractivity contribution in [3.8, 4) is 0 Å². The summed E-state index contributed by atoms with van der Waals surface area (Å²) < 4.78 is 0. The number of carbonyl (C=O) groups excluding carboxylic acids is 1. The molecule has 0 saturated heterocycles. The number of hydroxylamine groups is 1. The first kappa shape index (κ1) is 22.0. The fraction of sp³-hybridized carbons (Fsp3) is 0.500. The molecule has 0 spiro atoms. The van der Waals surface area contributed by atoms with Crippen LogP contribution in [0.1, 0.15) is 66.8 Å². The van der Waals surface area contributed by atoms with Gasteiger partial charge in [-0.15, -0.1) is 0 Å². The Hall–Kier alpha value is -2.06. The summed E-state index contributed by atoms with van der Waals surface area (Å²) in [4.78, 5) is 34.2. The van der Waals surface area contributed by atoms with Crippen LogP contribution in [0, 0.1) is 5.92 Å². The third kappa shape index (κ3) is 6.03. The smallest absolute Gasteiger partial charge is 0.335 e. The van der Waals surface area contributed by atoms with Gasteiger partial charge in [0, 0.05) is 11.7 Å². The summed E-state index contributed by atoms with van der Waals surface area (Å²) in [6.45, 7) is 5.81. The number of benzene rings is 1. The van der Waals surface area contributed by atoms with E-state index in [0.29, 0.717) is 5.56 Å². The highest BCUT2D eigenvalue weighted by molar-refractivity contribution is 7.80. The Morgan fingerprint density at radius 2 is 1.77 bits per heavy atom. The zero-order chi connectivity index (χ0) is 20.1. The Kier molecular flexibility index (Phi) is 7.65. The van der Waals surface area contributed by atoms with Gasteiger partial charge in [0.1, 0.15) is 0 Å². The van der Waals surface area contributed by atoms with Crippen molar-refractivity contribution in [3.63, 3.8) is 0 Å². The number of aliphatic carboxylic acids is 1. The van der Waals surface area contributed by atoms with Crippen molar-refractivity contribution < 1.29 is 29.8 Å². The summed E-state index contributed by atoms with van der Waals surface area (Å²) in [5.41, 5.74) is 2.55. The lowest BCUT2D eigenvalue weighted by atomic mass is 9.83. The molecule has 1 aromatic carbocycles. The SMILES string of the molecule is CC(C)(C)c1cc(C(=O)O)cc(C(S)C(CCCC(=O)NO)C(=O)O)c1. The van der Waals surface area contributed by atoms with Gasteiger partial charge in [-0.2, -0.15) is 12.6 Å². The topological polar surface area (TPSA) is 124 Å². The molecule has 8 heteroatoms. The average Bonchev–Trinajstić information content (AvgIpc) is 2.56. The van der Waals surface area contributed by atoms with Gasteiger partial charge in [-0.25, -0.2) is 10.3 Å². The molecule has 0 fully saturated rings. The molecule has 0 radical (unpaired) electrons. The predicted octanol–water partition coefficient (Wildman–Crippen LogP) is 3.03. The summed E-state index contributed by atoms with van der Waals surface area (Å²) in [5.74, 6) is -3.66. The Morgan fingerprint density at radius 1 is 1.15 bits per heavy atom. The monoisotopic (exact) mass is 383 g/mol. The first-order chi connectivity index (χ1) is 12.0. The van der Waals surface area contributed by atoms with Crippen molar-refractivity contribution >= 4 is 30.5 Å². The first-order valence-corrected chi connectivity index (χ1v) is 8.71. The molecular formula is C18H25NO6S. The fourth-order valence-electron chi connectivity index (χ4n) is 2.57. The highest BCUT2D eigenvalue weighted by Crippen LogP contribution is 2.35. The van der Waals surface area contributed by atoms with Crippen molar-refractivity contribution in [2.75, 3.05) is 0 Å². The third-order valence-corrected chi connectivity index (χ3v) is 4.81. The van der Waals surface area contributed by atoms with E-state index in [2.05, 4.69) is 12.6 Å². The van der Waals surface area contributed by atoms with Gasteiger partial charge in [0.2, 0.25) is 5.91 Å². The lowest BCUT2D eigenvalue weighted by molar-refractivity contribution is -0.142. The molecule has 1 aromatic rings. The molecule has 144 valence electrons. The standard InChI is InChI=1S/C18H25NO6S/c1-18(2,3)12-8-10(7-11(9-12)16(21)22)15(26)13(17(23)24)5-4-6-14(20)19-25/h7-9,13,15,25-26H,4-6H2,1-3H3,(H,19,20)(H,21,22)(H,23,24). The molecule has 0 aliphatic carbocycles. The molecule has 0 heterocycles. The normalized spacial score (nSPS) is 13.7. The zero-order valence-corrected chi connectivity index (χ0v) is 15.9. The Bertz CT molecular complexity index is 683. The molecule has 0 aromatic heterocycles. The van der Waals surface area contributed by atoms with Gasteiger partial charge < -0.3 is 10.2 Å². The van der Waals surface area contributed by atoms with Crippen molar-refractivity contribution in [2.24, 2.45) is 5.92 Å². The molecule has 0 saturated carbocycles. The van der Waals surface area contributed by atoms with Crippen LogP contribution in [0.2, 0.25) is 0 Å². The van der Waals surface area contributed by atoms with E-state index in [1.54, 1.807) is 12.1 Å². The van der Waals surface area contributed by atoms with Crippen LogP contribution in [0.15, 0.2) is 18.2 Å². The second kappa shape index (κ2) is 9.05. The minimum atomic E-state index is -1.09. The number of carboxylic acids is 2. The van der Waals surface area contributed by atoms with Crippen LogP contribution in [0.4, 0.5) is 0 Å². The van der Waals surface area contributed by atoms with Gasteiger partial charge in [0.15, 0.2) is 0 Å². The fourth-order valence-corrected chi connectivity index (χ4v) is 2.99. The minimum Gasteiger partial charge on any atom is -0.481 e. The van der Waals surface area contributed by atoms with Crippen molar-refractivity contribution in [3.05, 3.63) is 34.9 Å². The van der Waals surface area contributed by atoms with Gasteiger partial charge in [0.25, 0.3) is 0 Å². The molecule has 0 aliphatic heterocycles. The molecule has 7 nitrogen and oxygen atoms in total. The van der Waals surface area contributed by atoms with Gasteiger partial charge in [-0.3, -0.25) is 14.8 Å². The molecule has 0 aliphatic rings. The van der Waals surface area contributed by atoms with Crippen LogP contribution < -0.4 is 5.48 Å². The lowest BCUT2D eigenvalue weighted by Crippen LogP contribution is -2.22. The molecule has 2 atom stereocenters. The van der Waals surface area contributed by atoms with Gasteiger partial charge in [-0.1, -0.05) is 26.8 Å². The van der Waals surface area contributed by atoms with E-state index in [-0.39, 0.29) is 30.2 Å². The number of hydrogen-bond acceptors (Lipinski definition) is 5. The molecule has 26 heavy (non-hydrogen) atoms. The Morgan fingerprint density at radius 3 is 2.23 bits per heavy atom. The predicted molar refractivity (Wildman–Crippen MR) is 98.7 cm³/mol. The molecule has 1 amide bonds.